The Hall–Kier alpha value is -0.0400. The molecule has 0 spiro atoms. The molecule has 1 heteroatoms. The van der Waals surface area contributed by atoms with E-state index in [-0.39, 0.29) is 5.54 Å². The van der Waals surface area contributed by atoms with Crippen LogP contribution in [0.4, 0.5) is 0 Å². The molecular weight excluding hydrogens is 158 g/mol. The summed E-state index contributed by atoms with van der Waals surface area (Å²) < 4.78 is 0. The molecule has 0 aromatic rings. The van der Waals surface area contributed by atoms with Crippen molar-refractivity contribution in [2.24, 2.45) is 17.1 Å². The average molecular weight is 181 g/mol. The summed E-state index contributed by atoms with van der Waals surface area (Å²) in [6.45, 7) is 4.61. The van der Waals surface area contributed by atoms with Crippen LogP contribution in [-0.4, -0.2) is 5.54 Å². The quantitative estimate of drug-likeness (QED) is 0.711. The molecule has 0 saturated heterocycles. The summed E-state index contributed by atoms with van der Waals surface area (Å²) in [5.74, 6) is 1.01. The van der Waals surface area contributed by atoms with Gasteiger partial charge in [0.2, 0.25) is 0 Å². The molecule has 2 rings (SSSR count). The second kappa shape index (κ2) is 2.98. The van der Waals surface area contributed by atoms with Gasteiger partial charge in [-0.25, -0.2) is 0 Å². The van der Waals surface area contributed by atoms with E-state index in [2.05, 4.69) is 13.8 Å². The van der Waals surface area contributed by atoms with Gasteiger partial charge in [0.05, 0.1) is 0 Å². The second-order valence-electron chi connectivity index (χ2n) is 5.91. The van der Waals surface area contributed by atoms with Crippen molar-refractivity contribution >= 4 is 0 Å². The molecule has 0 radical (unpaired) electrons. The van der Waals surface area contributed by atoms with Crippen LogP contribution in [0, 0.1) is 11.3 Å². The molecular formula is C12H23N. The van der Waals surface area contributed by atoms with E-state index in [1.54, 1.807) is 0 Å². The van der Waals surface area contributed by atoms with Gasteiger partial charge in [0.1, 0.15) is 0 Å². The maximum absolute atomic E-state index is 6.30. The molecule has 0 aromatic carbocycles. The number of rotatable bonds is 3. The molecule has 13 heavy (non-hydrogen) atoms. The first kappa shape index (κ1) is 9.51. The Kier molecular flexibility index (Phi) is 2.18. The van der Waals surface area contributed by atoms with Crippen LogP contribution in [0.25, 0.3) is 0 Å². The number of hydrogen-bond acceptors (Lipinski definition) is 1. The predicted molar refractivity (Wildman–Crippen MR) is 56.5 cm³/mol. The van der Waals surface area contributed by atoms with Crippen LogP contribution in [0.1, 0.15) is 58.8 Å². The Balaban J connectivity index is 1.74. The molecule has 76 valence electrons. The predicted octanol–water partition coefficient (Wildman–Crippen LogP) is 3.08. The van der Waals surface area contributed by atoms with E-state index in [0.29, 0.717) is 5.41 Å². The molecule has 0 aliphatic heterocycles. The first-order valence-electron chi connectivity index (χ1n) is 5.82. The molecule has 2 saturated carbocycles. The van der Waals surface area contributed by atoms with Gasteiger partial charge in [-0.05, 0) is 30.6 Å². The van der Waals surface area contributed by atoms with Gasteiger partial charge in [-0.15, -0.1) is 0 Å². The third-order valence-electron chi connectivity index (χ3n) is 4.45. The van der Waals surface area contributed by atoms with Crippen LogP contribution in [0.15, 0.2) is 0 Å². The van der Waals surface area contributed by atoms with Crippen molar-refractivity contribution in [3.8, 4) is 0 Å². The van der Waals surface area contributed by atoms with E-state index in [9.17, 15) is 0 Å². The lowest BCUT2D eigenvalue weighted by Crippen LogP contribution is -2.28. The lowest BCUT2D eigenvalue weighted by atomic mass is 9.94. The Morgan fingerprint density at radius 3 is 2.23 bits per heavy atom. The highest BCUT2D eigenvalue weighted by Crippen LogP contribution is 2.56. The molecule has 0 heterocycles. The first-order chi connectivity index (χ1) is 6.04. The van der Waals surface area contributed by atoms with Gasteiger partial charge in [-0.1, -0.05) is 39.5 Å². The van der Waals surface area contributed by atoms with Gasteiger partial charge in [0.25, 0.3) is 0 Å². The van der Waals surface area contributed by atoms with Crippen molar-refractivity contribution in [1.29, 1.82) is 0 Å². The number of hydrogen-bond donors (Lipinski definition) is 1. The normalized spacial score (nSPS) is 38.1. The molecule has 0 amide bonds. The van der Waals surface area contributed by atoms with Gasteiger partial charge < -0.3 is 5.73 Å². The zero-order valence-corrected chi connectivity index (χ0v) is 9.10. The van der Waals surface area contributed by atoms with Crippen LogP contribution in [0.3, 0.4) is 0 Å². The summed E-state index contributed by atoms with van der Waals surface area (Å²) >= 11 is 0. The molecule has 1 nitrogen and oxygen atoms in total. The molecule has 1 unspecified atom stereocenters. The lowest BCUT2D eigenvalue weighted by molar-refractivity contribution is 0.394. The third-order valence-corrected chi connectivity index (χ3v) is 4.45. The van der Waals surface area contributed by atoms with E-state index < -0.39 is 0 Å². The Morgan fingerprint density at radius 1 is 1.23 bits per heavy atom. The minimum atomic E-state index is 0.204. The summed E-state index contributed by atoms with van der Waals surface area (Å²) in [7, 11) is 0. The molecule has 2 fully saturated rings. The standard InChI is InChI=1S/C12H23N/c1-11(2)9-12(11,13)8-7-10-5-3-4-6-10/h10H,3-9,13H2,1-2H3. The van der Waals surface area contributed by atoms with Gasteiger partial charge in [-0.2, -0.15) is 0 Å². The topological polar surface area (TPSA) is 26.0 Å². The minimum absolute atomic E-state index is 0.204. The highest BCUT2D eigenvalue weighted by molar-refractivity contribution is 5.14. The van der Waals surface area contributed by atoms with E-state index in [1.165, 1.54) is 44.9 Å². The summed E-state index contributed by atoms with van der Waals surface area (Å²) in [5.41, 5.74) is 6.94. The van der Waals surface area contributed by atoms with Crippen molar-refractivity contribution in [1.82, 2.24) is 0 Å². The summed E-state index contributed by atoms with van der Waals surface area (Å²) in [6.07, 6.45) is 9.77. The zero-order valence-electron chi connectivity index (χ0n) is 9.10. The average Bonchev–Trinajstić information content (AvgIpc) is 2.53. The van der Waals surface area contributed by atoms with Crippen molar-refractivity contribution < 1.29 is 0 Å². The monoisotopic (exact) mass is 181 g/mol. The van der Waals surface area contributed by atoms with Crippen LogP contribution in [-0.2, 0) is 0 Å². The van der Waals surface area contributed by atoms with Gasteiger partial charge in [0.15, 0.2) is 0 Å². The smallest absolute Gasteiger partial charge is 0.0212 e. The van der Waals surface area contributed by atoms with Crippen LogP contribution < -0.4 is 5.73 Å². The first-order valence-corrected chi connectivity index (χ1v) is 5.82. The Bertz CT molecular complexity index is 191. The van der Waals surface area contributed by atoms with E-state index in [0.717, 1.165) is 5.92 Å². The van der Waals surface area contributed by atoms with Crippen LogP contribution in [0.2, 0.25) is 0 Å². The molecule has 0 aromatic heterocycles. The Labute approximate surface area is 82.1 Å². The SMILES string of the molecule is CC1(C)CC1(N)CCC1CCCC1. The van der Waals surface area contributed by atoms with E-state index in [1.807, 2.05) is 0 Å². The highest BCUT2D eigenvalue weighted by atomic mass is 14.9. The van der Waals surface area contributed by atoms with Crippen molar-refractivity contribution in [2.75, 3.05) is 0 Å². The van der Waals surface area contributed by atoms with E-state index in [4.69, 9.17) is 5.73 Å². The fourth-order valence-corrected chi connectivity index (χ4v) is 2.93. The van der Waals surface area contributed by atoms with Crippen molar-refractivity contribution in [2.45, 2.75) is 64.3 Å². The van der Waals surface area contributed by atoms with Gasteiger partial charge in [-0.3, -0.25) is 0 Å². The van der Waals surface area contributed by atoms with Crippen molar-refractivity contribution in [3.05, 3.63) is 0 Å². The number of nitrogens with two attached hydrogens (primary N) is 1. The zero-order chi connectivity index (χ0) is 9.53. The molecule has 0 bridgehead atoms. The largest absolute Gasteiger partial charge is 0.325 e. The minimum Gasteiger partial charge on any atom is -0.325 e. The maximum atomic E-state index is 6.30. The molecule has 2 aliphatic carbocycles. The van der Waals surface area contributed by atoms with E-state index >= 15 is 0 Å². The Morgan fingerprint density at radius 2 is 1.77 bits per heavy atom. The fraction of sp³-hybridized carbons (Fsp3) is 1.00. The lowest BCUT2D eigenvalue weighted by Gasteiger charge is -2.17. The van der Waals surface area contributed by atoms with Crippen molar-refractivity contribution in [3.63, 3.8) is 0 Å². The highest BCUT2D eigenvalue weighted by Gasteiger charge is 2.57. The second-order valence-corrected chi connectivity index (χ2v) is 5.91. The third kappa shape index (κ3) is 1.76. The van der Waals surface area contributed by atoms with Gasteiger partial charge in [0, 0.05) is 5.54 Å². The maximum Gasteiger partial charge on any atom is 0.0212 e. The summed E-state index contributed by atoms with van der Waals surface area (Å²) in [5, 5.41) is 0. The molecule has 2 N–H and O–H groups in total. The molecule has 2 aliphatic rings. The molecule has 1 atom stereocenters. The fourth-order valence-electron chi connectivity index (χ4n) is 2.93. The summed E-state index contributed by atoms with van der Waals surface area (Å²) in [6, 6.07) is 0. The summed E-state index contributed by atoms with van der Waals surface area (Å²) in [4.78, 5) is 0. The van der Waals surface area contributed by atoms with Crippen LogP contribution >= 0.6 is 0 Å². The van der Waals surface area contributed by atoms with Crippen LogP contribution in [0.5, 0.6) is 0 Å². The van der Waals surface area contributed by atoms with Gasteiger partial charge >= 0.3 is 0 Å².